The highest BCUT2D eigenvalue weighted by Gasteiger charge is 2.21. The lowest BCUT2D eigenvalue weighted by Crippen LogP contribution is -2.17. The molecule has 1 aliphatic rings. The van der Waals surface area contributed by atoms with E-state index in [1.807, 2.05) is 30.3 Å². The Bertz CT molecular complexity index is 532. The first-order valence-corrected chi connectivity index (χ1v) is 7.47. The van der Waals surface area contributed by atoms with Crippen LogP contribution in [0.4, 0.5) is 0 Å². The molecular weight excluding hydrogens is 250 g/mol. The molecule has 1 heterocycles. The zero-order valence-electron chi connectivity index (χ0n) is 11.7. The fourth-order valence-electron chi connectivity index (χ4n) is 2.97. The van der Waals surface area contributed by atoms with Crippen molar-refractivity contribution in [3.63, 3.8) is 0 Å². The van der Waals surface area contributed by atoms with Crippen LogP contribution in [0.3, 0.4) is 0 Å². The third-order valence-electron chi connectivity index (χ3n) is 4.10. The van der Waals surface area contributed by atoms with E-state index in [0.717, 1.165) is 12.0 Å². The van der Waals surface area contributed by atoms with Crippen molar-refractivity contribution in [2.24, 2.45) is 11.7 Å². The van der Waals surface area contributed by atoms with E-state index in [4.69, 9.17) is 10.3 Å². The van der Waals surface area contributed by atoms with Gasteiger partial charge in [-0.1, -0.05) is 67.6 Å². The van der Waals surface area contributed by atoms with E-state index in [1.54, 1.807) is 0 Å². The second-order valence-corrected chi connectivity index (χ2v) is 5.67. The van der Waals surface area contributed by atoms with E-state index in [9.17, 15) is 0 Å². The molecule has 1 atom stereocenters. The summed E-state index contributed by atoms with van der Waals surface area (Å²) in [5, 5.41) is 4.03. The Morgan fingerprint density at radius 3 is 2.65 bits per heavy atom. The minimum absolute atomic E-state index is 0.136. The predicted octanol–water partition coefficient (Wildman–Crippen LogP) is 3.71. The summed E-state index contributed by atoms with van der Waals surface area (Å²) in [6.07, 6.45) is 7.55. The van der Waals surface area contributed by atoms with Crippen molar-refractivity contribution in [3.8, 4) is 11.4 Å². The molecule has 0 aliphatic heterocycles. The van der Waals surface area contributed by atoms with Crippen molar-refractivity contribution in [2.45, 2.75) is 44.6 Å². The molecule has 1 unspecified atom stereocenters. The molecule has 4 heteroatoms. The van der Waals surface area contributed by atoms with Crippen molar-refractivity contribution in [1.82, 2.24) is 10.1 Å². The standard InChI is InChI=1S/C16H21N3O/c17-14(11-12-7-3-1-4-8-12)16-18-15(19-20-16)13-9-5-2-6-10-13/h2,5-6,9-10,12,14H,1,3-4,7-8,11,17H2. The van der Waals surface area contributed by atoms with Gasteiger partial charge in [-0.15, -0.1) is 0 Å². The van der Waals surface area contributed by atoms with E-state index in [1.165, 1.54) is 32.1 Å². The average molecular weight is 271 g/mol. The summed E-state index contributed by atoms with van der Waals surface area (Å²) in [5.74, 6) is 1.90. The van der Waals surface area contributed by atoms with Gasteiger partial charge in [0.25, 0.3) is 0 Å². The second-order valence-electron chi connectivity index (χ2n) is 5.67. The van der Waals surface area contributed by atoms with E-state index in [0.29, 0.717) is 17.6 Å². The minimum atomic E-state index is -0.136. The molecule has 2 N–H and O–H groups in total. The van der Waals surface area contributed by atoms with Crippen LogP contribution in [0.2, 0.25) is 0 Å². The maximum absolute atomic E-state index is 6.22. The summed E-state index contributed by atoms with van der Waals surface area (Å²) in [6.45, 7) is 0. The first-order chi connectivity index (χ1) is 9.83. The van der Waals surface area contributed by atoms with Crippen LogP contribution in [0, 0.1) is 5.92 Å². The molecule has 20 heavy (non-hydrogen) atoms. The number of rotatable bonds is 4. The normalized spacial score (nSPS) is 18.1. The van der Waals surface area contributed by atoms with Crippen LogP contribution < -0.4 is 5.73 Å². The summed E-state index contributed by atoms with van der Waals surface area (Å²) in [7, 11) is 0. The van der Waals surface area contributed by atoms with Gasteiger partial charge in [0.05, 0.1) is 6.04 Å². The maximum Gasteiger partial charge on any atom is 0.243 e. The highest BCUT2D eigenvalue weighted by Crippen LogP contribution is 2.30. The van der Waals surface area contributed by atoms with E-state index < -0.39 is 0 Å². The first-order valence-electron chi connectivity index (χ1n) is 7.47. The van der Waals surface area contributed by atoms with Crippen LogP contribution in [0.1, 0.15) is 50.5 Å². The Balaban J connectivity index is 1.66. The molecule has 1 fully saturated rings. The summed E-state index contributed by atoms with van der Waals surface area (Å²) in [4.78, 5) is 4.44. The van der Waals surface area contributed by atoms with Gasteiger partial charge in [0.1, 0.15) is 0 Å². The van der Waals surface area contributed by atoms with Crippen molar-refractivity contribution >= 4 is 0 Å². The van der Waals surface area contributed by atoms with Gasteiger partial charge in [-0.3, -0.25) is 0 Å². The third-order valence-corrected chi connectivity index (χ3v) is 4.10. The topological polar surface area (TPSA) is 64.9 Å². The highest BCUT2D eigenvalue weighted by molar-refractivity contribution is 5.53. The Kier molecular flexibility index (Phi) is 4.11. The summed E-state index contributed by atoms with van der Waals surface area (Å²) in [5.41, 5.74) is 7.19. The Morgan fingerprint density at radius 1 is 1.15 bits per heavy atom. The maximum atomic E-state index is 6.22. The highest BCUT2D eigenvalue weighted by atomic mass is 16.5. The minimum Gasteiger partial charge on any atom is -0.337 e. The van der Waals surface area contributed by atoms with E-state index in [-0.39, 0.29) is 6.04 Å². The Morgan fingerprint density at radius 2 is 1.90 bits per heavy atom. The molecule has 3 rings (SSSR count). The van der Waals surface area contributed by atoms with Crippen LogP contribution in [0.25, 0.3) is 11.4 Å². The Hall–Kier alpha value is -1.68. The molecule has 0 radical (unpaired) electrons. The molecular formula is C16H21N3O. The zero-order valence-corrected chi connectivity index (χ0v) is 11.7. The lowest BCUT2D eigenvalue weighted by atomic mass is 9.85. The number of benzene rings is 1. The van der Waals surface area contributed by atoms with Crippen LogP contribution in [-0.2, 0) is 0 Å². The molecule has 0 spiro atoms. The van der Waals surface area contributed by atoms with Gasteiger partial charge in [-0.2, -0.15) is 4.98 Å². The number of nitrogens with two attached hydrogens (primary N) is 1. The van der Waals surface area contributed by atoms with E-state index in [2.05, 4.69) is 10.1 Å². The van der Waals surface area contributed by atoms with Crippen molar-refractivity contribution < 1.29 is 4.52 Å². The van der Waals surface area contributed by atoms with Gasteiger partial charge in [0.15, 0.2) is 0 Å². The van der Waals surface area contributed by atoms with Gasteiger partial charge in [0, 0.05) is 5.56 Å². The lowest BCUT2D eigenvalue weighted by Gasteiger charge is -2.22. The number of aromatic nitrogens is 2. The fraction of sp³-hybridized carbons (Fsp3) is 0.500. The number of hydrogen-bond acceptors (Lipinski definition) is 4. The summed E-state index contributed by atoms with van der Waals surface area (Å²) < 4.78 is 5.34. The van der Waals surface area contributed by atoms with Gasteiger partial charge >= 0.3 is 0 Å². The monoisotopic (exact) mass is 271 g/mol. The molecule has 0 amide bonds. The first kappa shape index (κ1) is 13.3. The zero-order chi connectivity index (χ0) is 13.8. The average Bonchev–Trinajstić information content (AvgIpc) is 2.99. The van der Waals surface area contributed by atoms with Crippen molar-refractivity contribution in [2.75, 3.05) is 0 Å². The predicted molar refractivity (Wildman–Crippen MR) is 77.9 cm³/mol. The second kappa shape index (κ2) is 6.18. The van der Waals surface area contributed by atoms with Crippen LogP contribution >= 0.6 is 0 Å². The molecule has 2 aromatic rings. The lowest BCUT2D eigenvalue weighted by molar-refractivity contribution is 0.284. The van der Waals surface area contributed by atoms with Crippen LogP contribution in [0.5, 0.6) is 0 Å². The molecule has 1 saturated carbocycles. The third kappa shape index (κ3) is 3.07. The van der Waals surface area contributed by atoms with Crippen molar-refractivity contribution in [1.29, 1.82) is 0 Å². The molecule has 1 aromatic heterocycles. The largest absolute Gasteiger partial charge is 0.337 e. The molecule has 0 bridgehead atoms. The quantitative estimate of drug-likeness (QED) is 0.920. The van der Waals surface area contributed by atoms with Crippen LogP contribution in [-0.4, -0.2) is 10.1 Å². The van der Waals surface area contributed by atoms with Crippen LogP contribution in [0.15, 0.2) is 34.9 Å². The van der Waals surface area contributed by atoms with Gasteiger partial charge in [-0.25, -0.2) is 0 Å². The number of hydrogen-bond donors (Lipinski definition) is 1. The molecule has 1 aromatic carbocycles. The summed E-state index contributed by atoms with van der Waals surface area (Å²) >= 11 is 0. The smallest absolute Gasteiger partial charge is 0.243 e. The molecule has 106 valence electrons. The Labute approximate surface area is 119 Å². The SMILES string of the molecule is NC(CC1CCCCC1)c1nc(-c2ccccc2)no1. The van der Waals surface area contributed by atoms with Crippen molar-refractivity contribution in [3.05, 3.63) is 36.2 Å². The van der Waals surface area contributed by atoms with Gasteiger partial charge in [0.2, 0.25) is 11.7 Å². The molecule has 1 aliphatic carbocycles. The van der Waals surface area contributed by atoms with Gasteiger partial charge in [-0.05, 0) is 12.3 Å². The van der Waals surface area contributed by atoms with E-state index >= 15 is 0 Å². The number of nitrogens with zero attached hydrogens (tertiary/aromatic N) is 2. The summed E-state index contributed by atoms with van der Waals surface area (Å²) in [6, 6.07) is 9.71. The molecule has 4 nitrogen and oxygen atoms in total. The molecule has 0 saturated heterocycles. The fourth-order valence-corrected chi connectivity index (χ4v) is 2.97. The van der Waals surface area contributed by atoms with Gasteiger partial charge < -0.3 is 10.3 Å².